The van der Waals surface area contributed by atoms with Gasteiger partial charge >= 0.3 is 11.9 Å². The molecule has 2 atom stereocenters. The highest BCUT2D eigenvalue weighted by Crippen LogP contribution is 2.19. The minimum Gasteiger partial charge on any atom is -0.480 e. The lowest BCUT2D eigenvalue weighted by atomic mass is 10.2. The van der Waals surface area contributed by atoms with E-state index in [1.807, 2.05) is 0 Å². The van der Waals surface area contributed by atoms with Crippen LogP contribution in [-0.2, 0) is 19.1 Å². The topological polar surface area (TPSA) is 104 Å². The van der Waals surface area contributed by atoms with Gasteiger partial charge in [0.1, 0.15) is 6.04 Å². The highest BCUT2D eigenvalue weighted by atomic mass is 16.5. The lowest BCUT2D eigenvalue weighted by Gasteiger charge is -2.20. The number of carboxylic acids is 1. The molecule has 0 aromatic rings. The standard InChI is InChI=1S/C11H17NO6/c1-2-18-10(15)4-3-9(14)12-6-7(13)5-8(12)11(16)17/h7-8,13H,2-6H2,1H3,(H,16,17). The number of hydrogen-bond donors (Lipinski definition) is 2. The summed E-state index contributed by atoms with van der Waals surface area (Å²) in [6.07, 6.45) is -0.973. The monoisotopic (exact) mass is 259 g/mol. The number of esters is 1. The molecule has 1 saturated heterocycles. The summed E-state index contributed by atoms with van der Waals surface area (Å²) in [5.74, 6) is -2.08. The molecule has 0 aromatic carbocycles. The Morgan fingerprint density at radius 3 is 2.56 bits per heavy atom. The van der Waals surface area contributed by atoms with Crippen LogP contribution < -0.4 is 0 Å². The predicted octanol–water partition coefficient (Wildman–Crippen LogP) is -0.624. The van der Waals surface area contributed by atoms with E-state index in [0.29, 0.717) is 0 Å². The van der Waals surface area contributed by atoms with E-state index in [9.17, 15) is 19.5 Å². The van der Waals surface area contributed by atoms with Gasteiger partial charge in [-0.05, 0) is 6.92 Å². The van der Waals surface area contributed by atoms with Crippen molar-refractivity contribution in [3.05, 3.63) is 0 Å². The molecular formula is C11H17NO6. The lowest BCUT2D eigenvalue weighted by Crippen LogP contribution is -2.40. The molecule has 2 N–H and O–H groups in total. The SMILES string of the molecule is CCOC(=O)CCC(=O)N1CC(O)CC1C(=O)O. The number of likely N-dealkylation sites (tertiary alicyclic amines) is 1. The Hall–Kier alpha value is -1.63. The summed E-state index contributed by atoms with van der Waals surface area (Å²) >= 11 is 0. The molecule has 1 rings (SSSR count). The zero-order chi connectivity index (χ0) is 13.7. The number of amides is 1. The number of nitrogens with zero attached hydrogens (tertiary/aromatic N) is 1. The molecule has 1 amide bonds. The zero-order valence-electron chi connectivity index (χ0n) is 10.2. The fourth-order valence-electron chi connectivity index (χ4n) is 1.91. The largest absolute Gasteiger partial charge is 0.480 e. The quantitative estimate of drug-likeness (QED) is 0.637. The maximum absolute atomic E-state index is 11.8. The van der Waals surface area contributed by atoms with Crippen molar-refractivity contribution >= 4 is 17.8 Å². The van der Waals surface area contributed by atoms with E-state index in [2.05, 4.69) is 4.74 Å². The average molecular weight is 259 g/mol. The summed E-state index contributed by atoms with van der Waals surface area (Å²) in [6, 6.07) is -1.00. The van der Waals surface area contributed by atoms with Crippen molar-refractivity contribution in [1.29, 1.82) is 0 Å². The first-order valence-electron chi connectivity index (χ1n) is 5.81. The van der Waals surface area contributed by atoms with Gasteiger partial charge in [-0.25, -0.2) is 4.79 Å². The molecular weight excluding hydrogens is 242 g/mol. The first kappa shape index (κ1) is 14.4. The molecule has 2 unspecified atom stereocenters. The van der Waals surface area contributed by atoms with Crippen LogP contribution in [0.4, 0.5) is 0 Å². The van der Waals surface area contributed by atoms with Crippen LogP contribution in [0.3, 0.4) is 0 Å². The molecule has 1 heterocycles. The number of rotatable bonds is 5. The number of carbonyl (C=O) groups is 3. The second-order valence-electron chi connectivity index (χ2n) is 4.09. The number of β-amino-alcohol motifs (C(OH)–C–C–N with tert-alkyl or cyclic N) is 1. The van der Waals surface area contributed by atoms with Crippen molar-refractivity contribution < 1.29 is 29.3 Å². The first-order chi connectivity index (χ1) is 8.45. The van der Waals surface area contributed by atoms with E-state index in [1.54, 1.807) is 6.92 Å². The number of aliphatic hydroxyl groups is 1. The van der Waals surface area contributed by atoms with Crippen molar-refractivity contribution in [1.82, 2.24) is 4.90 Å². The van der Waals surface area contributed by atoms with Gasteiger partial charge < -0.3 is 19.8 Å². The molecule has 1 aliphatic heterocycles. The van der Waals surface area contributed by atoms with Crippen LogP contribution in [0.1, 0.15) is 26.2 Å². The van der Waals surface area contributed by atoms with E-state index in [4.69, 9.17) is 5.11 Å². The summed E-state index contributed by atoms with van der Waals surface area (Å²) < 4.78 is 4.67. The lowest BCUT2D eigenvalue weighted by molar-refractivity contribution is -0.149. The van der Waals surface area contributed by atoms with Gasteiger partial charge in [0.15, 0.2) is 0 Å². The van der Waals surface area contributed by atoms with Crippen LogP contribution in [0.25, 0.3) is 0 Å². The third-order valence-corrected chi connectivity index (χ3v) is 2.73. The minimum absolute atomic E-state index is 0.00136. The molecule has 0 bridgehead atoms. The Kier molecular flexibility index (Phi) is 5.08. The molecule has 0 spiro atoms. The van der Waals surface area contributed by atoms with Crippen molar-refractivity contribution in [2.75, 3.05) is 13.2 Å². The molecule has 7 heteroatoms. The Morgan fingerprint density at radius 2 is 2.00 bits per heavy atom. The van der Waals surface area contributed by atoms with Gasteiger partial charge in [-0.2, -0.15) is 0 Å². The second-order valence-corrected chi connectivity index (χ2v) is 4.09. The highest BCUT2D eigenvalue weighted by molar-refractivity contribution is 5.86. The Morgan fingerprint density at radius 1 is 1.33 bits per heavy atom. The van der Waals surface area contributed by atoms with Crippen molar-refractivity contribution in [3.8, 4) is 0 Å². The maximum atomic E-state index is 11.8. The van der Waals surface area contributed by atoms with Gasteiger partial charge in [-0.15, -0.1) is 0 Å². The summed E-state index contributed by atoms with van der Waals surface area (Å²) in [7, 11) is 0. The normalized spacial score (nSPS) is 22.9. The molecule has 0 saturated carbocycles. The molecule has 7 nitrogen and oxygen atoms in total. The second kappa shape index (κ2) is 6.34. The molecule has 0 radical (unpaired) electrons. The first-order valence-corrected chi connectivity index (χ1v) is 5.81. The molecule has 0 aromatic heterocycles. The van der Waals surface area contributed by atoms with Gasteiger partial charge in [-0.3, -0.25) is 9.59 Å². The average Bonchev–Trinajstić information content (AvgIpc) is 2.69. The Labute approximate surface area is 104 Å². The number of ether oxygens (including phenoxy) is 1. The Bertz CT molecular complexity index is 342. The minimum atomic E-state index is -1.14. The van der Waals surface area contributed by atoms with E-state index < -0.39 is 30.0 Å². The summed E-state index contributed by atoms with van der Waals surface area (Å²) in [5.41, 5.74) is 0. The molecule has 18 heavy (non-hydrogen) atoms. The fraction of sp³-hybridized carbons (Fsp3) is 0.727. The van der Waals surface area contributed by atoms with E-state index in [0.717, 1.165) is 4.90 Å². The third kappa shape index (κ3) is 3.69. The smallest absolute Gasteiger partial charge is 0.326 e. The van der Waals surface area contributed by atoms with Crippen molar-refractivity contribution in [2.45, 2.75) is 38.3 Å². The molecule has 1 fully saturated rings. The maximum Gasteiger partial charge on any atom is 0.326 e. The van der Waals surface area contributed by atoms with Crippen LogP contribution in [0.2, 0.25) is 0 Å². The molecule has 102 valence electrons. The van der Waals surface area contributed by atoms with Gasteiger partial charge in [0, 0.05) is 19.4 Å². The molecule has 0 aliphatic carbocycles. The Balaban J connectivity index is 2.50. The van der Waals surface area contributed by atoms with Crippen LogP contribution in [0.5, 0.6) is 0 Å². The van der Waals surface area contributed by atoms with Gasteiger partial charge in [-0.1, -0.05) is 0 Å². The van der Waals surface area contributed by atoms with E-state index in [-0.39, 0.29) is 32.4 Å². The van der Waals surface area contributed by atoms with Gasteiger partial charge in [0.2, 0.25) is 5.91 Å². The third-order valence-electron chi connectivity index (χ3n) is 2.73. The van der Waals surface area contributed by atoms with Gasteiger partial charge in [0.25, 0.3) is 0 Å². The van der Waals surface area contributed by atoms with Crippen LogP contribution >= 0.6 is 0 Å². The highest BCUT2D eigenvalue weighted by Gasteiger charge is 2.38. The number of hydrogen-bond acceptors (Lipinski definition) is 5. The van der Waals surface area contributed by atoms with Crippen molar-refractivity contribution in [2.24, 2.45) is 0 Å². The van der Waals surface area contributed by atoms with E-state index >= 15 is 0 Å². The number of aliphatic carboxylic acids is 1. The number of carbonyl (C=O) groups excluding carboxylic acids is 2. The van der Waals surface area contributed by atoms with E-state index in [1.165, 1.54) is 0 Å². The van der Waals surface area contributed by atoms with Crippen LogP contribution in [-0.4, -0.2) is 58.3 Å². The van der Waals surface area contributed by atoms with Crippen molar-refractivity contribution in [3.63, 3.8) is 0 Å². The fourth-order valence-corrected chi connectivity index (χ4v) is 1.91. The predicted molar refractivity (Wildman–Crippen MR) is 59.6 cm³/mol. The number of carboxylic acid groups (broad SMARTS) is 1. The summed E-state index contributed by atoms with van der Waals surface area (Å²) in [6.45, 7) is 1.91. The van der Waals surface area contributed by atoms with Gasteiger partial charge in [0.05, 0.1) is 19.1 Å². The zero-order valence-corrected chi connectivity index (χ0v) is 10.2. The van der Waals surface area contributed by atoms with Crippen LogP contribution in [0, 0.1) is 0 Å². The van der Waals surface area contributed by atoms with Crippen LogP contribution in [0.15, 0.2) is 0 Å². The summed E-state index contributed by atoms with van der Waals surface area (Å²) in [4.78, 5) is 34.9. The summed E-state index contributed by atoms with van der Waals surface area (Å²) in [5, 5.41) is 18.3. The number of aliphatic hydroxyl groups excluding tert-OH is 1. The molecule has 1 aliphatic rings.